The third-order valence-electron chi connectivity index (χ3n) is 4.20. The Balaban J connectivity index is 0.00000361. The maximum absolute atomic E-state index is 5.40. The zero-order valence-corrected chi connectivity index (χ0v) is 14.7. The summed E-state index contributed by atoms with van der Waals surface area (Å²) in [5.41, 5.74) is 0. The fraction of sp³-hybridized carbons (Fsp3) is 1.00. The van der Waals surface area contributed by atoms with E-state index in [1.165, 1.54) is 70.8 Å². The summed E-state index contributed by atoms with van der Waals surface area (Å²) >= 11 is 0. The van der Waals surface area contributed by atoms with Crippen molar-refractivity contribution in [2.75, 3.05) is 27.2 Å². The topological polar surface area (TPSA) is 15.8 Å². The number of unbranched alkanes of at least 4 members (excludes halogenated alkanes) is 6. The summed E-state index contributed by atoms with van der Waals surface area (Å²) in [6.07, 6.45) is 14.7. The molecule has 1 saturated heterocycles. The molecule has 0 aromatic heterocycles. The molecule has 0 N–H and O–H groups in total. The summed E-state index contributed by atoms with van der Waals surface area (Å²) in [4.78, 5) is 2.31. The number of rotatable bonds is 13. The van der Waals surface area contributed by atoms with Gasteiger partial charge in [-0.3, -0.25) is 0 Å². The molecule has 1 fully saturated rings. The Morgan fingerprint density at radius 2 is 1.60 bits per heavy atom. The Labute approximate surface area is 133 Å². The minimum absolute atomic E-state index is 0. The van der Waals surface area contributed by atoms with Crippen molar-refractivity contribution in [2.24, 2.45) is 5.92 Å². The number of nitrogens with zero attached hydrogens (tertiary/aromatic N) is 1. The van der Waals surface area contributed by atoms with Crippen molar-refractivity contribution < 1.29 is 4.74 Å². The minimum Gasteiger partial charge on any atom is -0.373 e. The van der Waals surface area contributed by atoms with Crippen LogP contribution in [-0.2, 0) is 4.74 Å². The van der Waals surface area contributed by atoms with Gasteiger partial charge in [0.1, 0.15) is 0 Å². The van der Waals surface area contributed by atoms with Crippen molar-refractivity contribution in [1.29, 1.82) is 0 Å². The predicted octanol–water partition coefficient (Wildman–Crippen LogP) is 4.91. The number of hydrogen-bond acceptors (Lipinski definition) is 2. The van der Waals surface area contributed by atoms with Crippen LogP contribution in [0.4, 0.5) is 0 Å². The van der Waals surface area contributed by atoms with Gasteiger partial charge in [-0.1, -0.05) is 58.3 Å². The molecule has 20 heavy (non-hydrogen) atoms. The van der Waals surface area contributed by atoms with Crippen molar-refractivity contribution >= 4 is 12.4 Å². The van der Waals surface area contributed by atoms with E-state index in [1.807, 2.05) is 0 Å². The number of hydrogen-bond donors (Lipinski definition) is 0. The molecular formula is C17H36ClNO. The van der Waals surface area contributed by atoms with Gasteiger partial charge in [-0.2, -0.15) is 0 Å². The monoisotopic (exact) mass is 305 g/mol. The van der Waals surface area contributed by atoms with E-state index in [2.05, 4.69) is 25.9 Å². The van der Waals surface area contributed by atoms with Gasteiger partial charge < -0.3 is 9.64 Å². The second kappa shape index (κ2) is 12.9. The van der Waals surface area contributed by atoms with E-state index in [1.54, 1.807) is 0 Å². The van der Waals surface area contributed by atoms with Gasteiger partial charge in [0.05, 0.1) is 12.7 Å². The maximum atomic E-state index is 5.40. The highest BCUT2D eigenvalue weighted by molar-refractivity contribution is 5.85. The summed E-state index contributed by atoms with van der Waals surface area (Å²) in [5, 5.41) is 0. The fourth-order valence-electron chi connectivity index (χ4n) is 2.79. The first-order valence-corrected chi connectivity index (χ1v) is 8.48. The van der Waals surface area contributed by atoms with Gasteiger partial charge in [-0.15, -0.1) is 12.4 Å². The van der Waals surface area contributed by atoms with Crippen LogP contribution in [0, 0.1) is 5.92 Å². The van der Waals surface area contributed by atoms with E-state index in [0.29, 0.717) is 6.10 Å². The molecule has 2 nitrogen and oxygen atoms in total. The standard InChI is InChI=1S/C17H35NO.ClH/c1-4-5-6-7-8-9-10-11-16(12-13-18(2)3)14-17-15-19-17;/h16-17H,4-15H2,1-3H3;1H. The molecule has 3 heteroatoms. The van der Waals surface area contributed by atoms with Crippen LogP contribution in [0.15, 0.2) is 0 Å². The Morgan fingerprint density at radius 1 is 1.00 bits per heavy atom. The van der Waals surface area contributed by atoms with Crippen LogP contribution in [0.3, 0.4) is 0 Å². The average molecular weight is 306 g/mol. The number of epoxide rings is 1. The van der Waals surface area contributed by atoms with Gasteiger partial charge in [-0.25, -0.2) is 0 Å². The van der Waals surface area contributed by atoms with Gasteiger partial charge >= 0.3 is 0 Å². The molecule has 0 radical (unpaired) electrons. The molecule has 2 atom stereocenters. The minimum atomic E-state index is 0. The first-order valence-electron chi connectivity index (χ1n) is 8.48. The van der Waals surface area contributed by atoms with Crippen molar-refractivity contribution in [3.63, 3.8) is 0 Å². The van der Waals surface area contributed by atoms with Crippen molar-refractivity contribution in [3.05, 3.63) is 0 Å². The van der Waals surface area contributed by atoms with E-state index in [4.69, 9.17) is 4.74 Å². The van der Waals surface area contributed by atoms with Crippen LogP contribution in [0.1, 0.15) is 71.1 Å². The summed E-state index contributed by atoms with van der Waals surface area (Å²) in [6, 6.07) is 0. The van der Waals surface area contributed by atoms with Crippen LogP contribution in [0.25, 0.3) is 0 Å². The second-order valence-electron chi connectivity index (χ2n) is 6.56. The maximum Gasteiger partial charge on any atom is 0.0812 e. The highest BCUT2D eigenvalue weighted by atomic mass is 35.5. The molecule has 1 aliphatic heterocycles. The summed E-state index contributed by atoms with van der Waals surface area (Å²) in [6.45, 7) is 4.54. The zero-order chi connectivity index (χ0) is 13.9. The van der Waals surface area contributed by atoms with Gasteiger partial charge in [0.15, 0.2) is 0 Å². The molecule has 0 aliphatic carbocycles. The van der Waals surface area contributed by atoms with Crippen LogP contribution in [-0.4, -0.2) is 38.3 Å². The highest BCUT2D eigenvalue weighted by Crippen LogP contribution is 2.26. The van der Waals surface area contributed by atoms with Gasteiger partial charge in [-0.05, 0) is 39.4 Å². The van der Waals surface area contributed by atoms with E-state index in [9.17, 15) is 0 Å². The fourth-order valence-corrected chi connectivity index (χ4v) is 2.79. The number of ether oxygens (including phenoxy) is 1. The molecule has 0 saturated carbocycles. The molecule has 0 amide bonds. The Bertz CT molecular complexity index is 207. The van der Waals surface area contributed by atoms with E-state index in [-0.39, 0.29) is 12.4 Å². The summed E-state index contributed by atoms with van der Waals surface area (Å²) in [5.74, 6) is 0.894. The molecule has 0 bridgehead atoms. The van der Waals surface area contributed by atoms with Crippen molar-refractivity contribution in [3.8, 4) is 0 Å². The molecule has 1 heterocycles. The molecule has 2 unspecified atom stereocenters. The van der Waals surface area contributed by atoms with Gasteiger partial charge in [0, 0.05) is 0 Å². The second-order valence-corrected chi connectivity index (χ2v) is 6.56. The van der Waals surface area contributed by atoms with Crippen LogP contribution in [0.5, 0.6) is 0 Å². The first kappa shape index (κ1) is 20.2. The van der Waals surface area contributed by atoms with Crippen LogP contribution in [0.2, 0.25) is 0 Å². The third kappa shape index (κ3) is 12.0. The zero-order valence-electron chi connectivity index (χ0n) is 13.9. The predicted molar refractivity (Wildman–Crippen MR) is 90.9 cm³/mol. The molecular weight excluding hydrogens is 270 g/mol. The average Bonchev–Trinajstić information content (AvgIpc) is 3.18. The SMILES string of the molecule is CCCCCCCCCC(CCN(C)C)CC1CO1.Cl. The Hall–Kier alpha value is 0.210. The molecule has 0 aromatic carbocycles. The van der Waals surface area contributed by atoms with E-state index < -0.39 is 0 Å². The van der Waals surface area contributed by atoms with Crippen LogP contribution < -0.4 is 0 Å². The lowest BCUT2D eigenvalue weighted by Gasteiger charge is -2.18. The van der Waals surface area contributed by atoms with Crippen molar-refractivity contribution in [1.82, 2.24) is 4.90 Å². The normalized spacial score (nSPS) is 18.9. The number of halogens is 1. The van der Waals surface area contributed by atoms with Gasteiger partial charge in [0.25, 0.3) is 0 Å². The molecule has 0 aromatic rings. The third-order valence-corrected chi connectivity index (χ3v) is 4.20. The van der Waals surface area contributed by atoms with Crippen molar-refractivity contribution in [2.45, 2.75) is 77.2 Å². The molecule has 0 spiro atoms. The van der Waals surface area contributed by atoms with Gasteiger partial charge in [0.2, 0.25) is 0 Å². The molecule has 122 valence electrons. The largest absolute Gasteiger partial charge is 0.373 e. The summed E-state index contributed by atoms with van der Waals surface area (Å²) in [7, 11) is 4.36. The van der Waals surface area contributed by atoms with E-state index in [0.717, 1.165) is 12.5 Å². The molecule has 1 rings (SSSR count). The lowest BCUT2D eigenvalue weighted by Crippen LogP contribution is -2.17. The summed E-state index contributed by atoms with van der Waals surface area (Å²) < 4.78 is 5.40. The molecule has 1 aliphatic rings. The Morgan fingerprint density at radius 3 is 2.15 bits per heavy atom. The first-order chi connectivity index (χ1) is 9.22. The van der Waals surface area contributed by atoms with Crippen LogP contribution >= 0.6 is 12.4 Å². The smallest absolute Gasteiger partial charge is 0.0812 e. The lowest BCUT2D eigenvalue weighted by molar-refractivity contribution is 0.290. The Kier molecular flexibility index (Phi) is 13.0. The lowest BCUT2D eigenvalue weighted by atomic mass is 9.92. The highest BCUT2D eigenvalue weighted by Gasteiger charge is 2.26. The quantitative estimate of drug-likeness (QED) is 0.355. The van der Waals surface area contributed by atoms with E-state index >= 15 is 0 Å².